The van der Waals surface area contributed by atoms with Gasteiger partial charge in [0.05, 0.1) is 13.2 Å². The number of rotatable bonds is 8. The number of hydrogen-bond donors (Lipinski definition) is 2. The summed E-state index contributed by atoms with van der Waals surface area (Å²) in [5.41, 5.74) is 2.95. The summed E-state index contributed by atoms with van der Waals surface area (Å²) in [6.45, 7) is 0.909. The van der Waals surface area contributed by atoms with Crippen LogP contribution in [0.5, 0.6) is 0 Å². The Morgan fingerprint density at radius 1 is 1.00 bits per heavy atom. The molecule has 5 heteroatoms. The number of carbonyl (C=O) groups excluding carboxylic acids is 1. The molecule has 0 saturated heterocycles. The minimum atomic E-state index is -0.439. The van der Waals surface area contributed by atoms with Crippen LogP contribution in [-0.2, 0) is 34.0 Å². The minimum absolute atomic E-state index is 0.0299. The van der Waals surface area contributed by atoms with Gasteiger partial charge in [-0.05, 0) is 47.4 Å². The summed E-state index contributed by atoms with van der Waals surface area (Å²) in [6.07, 6.45) is 7.28. The number of allylic oxidation sites excluding steroid dienone is 1. The van der Waals surface area contributed by atoms with E-state index in [0.29, 0.717) is 30.7 Å². The molecule has 0 radical (unpaired) electrons. The van der Waals surface area contributed by atoms with Crippen LogP contribution in [0.4, 0.5) is 0 Å². The standard InChI is InChI=1S/C26H31NO4/c28-17-20-10-12-21(13-11-20)18-30-25-15-23(22-8-4-5-9-22)14-24(31-25)26(29)27-16-19-6-2-1-3-7-19/h1-3,6-7,10-14,22-23,25,28H,4-5,8-9,15-18H2,(H,27,29)/t23-,25+/m0/s1. The van der Waals surface area contributed by atoms with E-state index >= 15 is 0 Å². The Labute approximate surface area is 184 Å². The normalized spacial score (nSPS) is 21.4. The number of nitrogens with one attached hydrogen (secondary N) is 1. The van der Waals surface area contributed by atoms with E-state index in [9.17, 15) is 9.90 Å². The SMILES string of the molecule is O=C(NCc1ccccc1)C1=C[C@H](C2CCCC2)C[C@H](OCc2ccc(CO)cc2)O1. The third-order valence-electron chi connectivity index (χ3n) is 6.25. The second-order valence-electron chi connectivity index (χ2n) is 8.48. The first-order valence-electron chi connectivity index (χ1n) is 11.2. The van der Waals surface area contributed by atoms with Gasteiger partial charge in [-0.25, -0.2) is 0 Å². The molecule has 2 atom stereocenters. The lowest BCUT2D eigenvalue weighted by Gasteiger charge is -2.32. The van der Waals surface area contributed by atoms with Crippen molar-refractivity contribution in [3.05, 3.63) is 83.1 Å². The number of carbonyl (C=O) groups is 1. The first kappa shape index (κ1) is 21.6. The second-order valence-corrected chi connectivity index (χ2v) is 8.48. The lowest BCUT2D eigenvalue weighted by Crippen LogP contribution is -2.34. The zero-order valence-corrected chi connectivity index (χ0v) is 17.8. The summed E-state index contributed by atoms with van der Waals surface area (Å²) in [5, 5.41) is 12.2. The molecule has 2 aromatic rings. The molecular weight excluding hydrogens is 390 g/mol. The summed E-state index contributed by atoms with van der Waals surface area (Å²) in [6, 6.07) is 17.6. The maximum absolute atomic E-state index is 12.8. The van der Waals surface area contributed by atoms with Gasteiger partial charge in [0, 0.05) is 13.0 Å². The maximum Gasteiger partial charge on any atom is 0.286 e. The van der Waals surface area contributed by atoms with Crippen LogP contribution in [0.25, 0.3) is 0 Å². The zero-order chi connectivity index (χ0) is 21.5. The van der Waals surface area contributed by atoms with Gasteiger partial charge in [0.15, 0.2) is 5.76 Å². The Kier molecular flexibility index (Phi) is 7.39. The van der Waals surface area contributed by atoms with Crippen molar-refractivity contribution in [3.63, 3.8) is 0 Å². The van der Waals surface area contributed by atoms with Crippen LogP contribution in [0.2, 0.25) is 0 Å². The van der Waals surface area contributed by atoms with Gasteiger partial charge in [-0.2, -0.15) is 0 Å². The number of amides is 1. The molecule has 5 nitrogen and oxygen atoms in total. The van der Waals surface area contributed by atoms with Crippen LogP contribution in [0, 0.1) is 11.8 Å². The first-order chi connectivity index (χ1) is 15.2. The molecule has 2 N–H and O–H groups in total. The monoisotopic (exact) mass is 421 g/mol. The van der Waals surface area contributed by atoms with Crippen molar-refractivity contribution in [1.29, 1.82) is 0 Å². The van der Waals surface area contributed by atoms with Crippen molar-refractivity contribution in [3.8, 4) is 0 Å². The van der Waals surface area contributed by atoms with E-state index in [-0.39, 0.29) is 12.5 Å². The van der Waals surface area contributed by atoms with Gasteiger partial charge in [0.1, 0.15) is 0 Å². The Bertz CT molecular complexity index is 872. The van der Waals surface area contributed by atoms with Gasteiger partial charge in [0.2, 0.25) is 6.29 Å². The first-order valence-corrected chi connectivity index (χ1v) is 11.2. The summed E-state index contributed by atoms with van der Waals surface area (Å²) >= 11 is 0. The van der Waals surface area contributed by atoms with Crippen molar-refractivity contribution in [2.24, 2.45) is 11.8 Å². The third kappa shape index (κ3) is 5.96. The number of ether oxygens (including phenoxy) is 2. The fraction of sp³-hybridized carbons (Fsp3) is 0.423. The van der Waals surface area contributed by atoms with E-state index in [1.807, 2.05) is 60.7 Å². The molecule has 0 spiro atoms. The Morgan fingerprint density at radius 2 is 1.71 bits per heavy atom. The molecule has 2 aromatic carbocycles. The van der Waals surface area contributed by atoms with E-state index in [0.717, 1.165) is 23.1 Å². The number of hydrogen-bond acceptors (Lipinski definition) is 4. The van der Waals surface area contributed by atoms with Crippen molar-refractivity contribution in [2.45, 2.75) is 58.2 Å². The van der Waals surface area contributed by atoms with Gasteiger partial charge < -0.3 is 19.9 Å². The number of aliphatic hydroxyl groups is 1. The van der Waals surface area contributed by atoms with E-state index < -0.39 is 6.29 Å². The molecular formula is C26H31NO4. The highest BCUT2D eigenvalue weighted by Crippen LogP contribution is 2.38. The topological polar surface area (TPSA) is 67.8 Å². The molecule has 1 aliphatic carbocycles. The molecule has 0 unspecified atom stereocenters. The molecule has 164 valence electrons. The van der Waals surface area contributed by atoms with Gasteiger partial charge in [-0.3, -0.25) is 4.79 Å². The largest absolute Gasteiger partial charge is 0.459 e. The van der Waals surface area contributed by atoms with E-state index in [2.05, 4.69) is 5.32 Å². The Hall–Kier alpha value is -2.63. The molecule has 0 aromatic heterocycles. The zero-order valence-electron chi connectivity index (χ0n) is 17.8. The molecule has 1 saturated carbocycles. The summed E-state index contributed by atoms with van der Waals surface area (Å²) in [7, 11) is 0. The van der Waals surface area contributed by atoms with E-state index in [1.165, 1.54) is 25.7 Å². The average Bonchev–Trinajstić information content (AvgIpc) is 3.37. The van der Waals surface area contributed by atoms with Crippen LogP contribution in [0.3, 0.4) is 0 Å². The fourth-order valence-electron chi connectivity index (χ4n) is 4.45. The molecule has 31 heavy (non-hydrogen) atoms. The second kappa shape index (κ2) is 10.6. The van der Waals surface area contributed by atoms with E-state index in [4.69, 9.17) is 9.47 Å². The van der Waals surface area contributed by atoms with Crippen molar-refractivity contribution in [2.75, 3.05) is 0 Å². The fourth-order valence-corrected chi connectivity index (χ4v) is 4.45. The van der Waals surface area contributed by atoms with Crippen LogP contribution >= 0.6 is 0 Å². The van der Waals surface area contributed by atoms with E-state index in [1.54, 1.807) is 0 Å². The quantitative estimate of drug-likeness (QED) is 0.661. The van der Waals surface area contributed by atoms with Crippen LogP contribution in [0.15, 0.2) is 66.4 Å². The van der Waals surface area contributed by atoms with Crippen LogP contribution in [-0.4, -0.2) is 17.3 Å². The predicted octanol–water partition coefficient (Wildman–Crippen LogP) is 4.45. The third-order valence-corrected chi connectivity index (χ3v) is 6.25. The molecule has 1 fully saturated rings. The highest BCUT2D eigenvalue weighted by molar-refractivity contribution is 5.91. The molecule has 2 aliphatic rings. The van der Waals surface area contributed by atoms with Crippen molar-refractivity contribution < 1.29 is 19.4 Å². The maximum atomic E-state index is 12.8. The summed E-state index contributed by atoms with van der Waals surface area (Å²) < 4.78 is 12.0. The average molecular weight is 422 g/mol. The molecule has 0 bridgehead atoms. The van der Waals surface area contributed by atoms with Crippen molar-refractivity contribution >= 4 is 5.91 Å². The lowest BCUT2D eigenvalue weighted by molar-refractivity contribution is -0.155. The predicted molar refractivity (Wildman–Crippen MR) is 118 cm³/mol. The molecule has 1 heterocycles. The van der Waals surface area contributed by atoms with Crippen LogP contribution < -0.4 is 5.32 Å². The smallest absolute Gasteiger partial charge is 0.286 e. The van der Waals surface area contributed by atoms with Gasteiger partial charge >= 0.3 is 0 Å². The summed E-state index contributed by atoms with van der Waals surface area (Å²) in [5.74, 6) is 1.08. The highest BCUT2D eigenvalue weighted by Gasteiger charge is 2.33. The number of aliphatic hydroxyl groups excluding tert-OH is 1. The minimum Gasteiger partial charge on any atom is -0.459 e. The molecule has 4 rings (SSSR count). The van der Waals surface area contributed by atoms with Gasteiger partial charge in [-0.1, -0.05) is 67.4 Å². The summed E-state index contributed by atoms with van der Waals surface area (Å²) in [4.78, 5) is 12.8. The number of benzene rings is 2. The van der Waals surface area contributed by atoms with Gasteiger partial charge in [0.25, 0.3) is 5.91 Å². The van der Waals surface area contributed by atoms with Crippen LogP contribution in [0.1, 0.15) is 48.8 Å². The van der Waals surface area contributed by atoms with Crippen molar-refractivity contribution in [1.82, 2.24) is 5.32 Å². The highest BCUT2D eigenvalue weighted by atomic mass is 16.7. The molecule has 1 amide bonds. The lowest BCUT2D eigenvalue weighted by atomic mass is 9.86. The molecule has 1 aliphatic heterocycles. The Balaban J connectivity index is 1.39. The Morgan fingerprint density at radius 3 is 2.42 bits per heavy atom. The van der Waals surface area contributed by atoms with Gasteiger partial charge in [-0.15, -0.1) is 0 Å².